The zero-order valence-electron chi connectivity index (χ0n) is 19.8. The highest BCUT2D eigenvalue weighted by Crippen LogP contribution is 2.30. The van der Waals surface area contributed by atoms with Crippen molar-refractivity contribution in [3.63, 3.8) is 0 Å². The molecule has 4 heteroatoms. The number of aryl methyl sites for hydroxylation is 2. The predicted octanol–water partition coefficient (Wildman–Crippen LogP) is 6.96. The van der Waals surface area contributed by atoms with Crippen LogP contribution in [0.3, 0.4) is 0 Å². The quantitative estimate of drug-likeness (QED) is 0.200. The molecule has 0 spiro atoms. The minimum Gasteiger partial charge on any atom is -0.341 e. The summed E-state index contributed by atoms with van der Waals surface area (Å²) in [4.78, 5) is 16.0. The zero-order chi connectivity index (χ0) is 22.9. The lowest BCUT2D eigenvalue weighted by Gasteiger charge is -2.26. The van der Waals surface area contributed by atoms with Crippen LogP contribution in [0.2, 0.25) is 0 Å². The highest BCUT2D eigenvalue weighted by Gasteiger charge is 2.13. The van der Waals surface area contributed by atoms with E-state index >= 15 is 0 Å². The zero-order valence-corrected chi connectivity index (χ0v) is 19.8. The Morgan fingerprint density at radius 2 is 1.78 bits per heavy atom. The Kier molecular flexibility index (Phi) is 8.32. The topological polar surface area (TPSA) is 41.4 Å². The van der Waals surface area contributed by atoms with E-state index in [-0.39, 0.29) is 0 Å². The Morgan fingerprint density at radius 1 is 1.03 bits per heavy atom. The molecule has 0 saturated heterocycles. The van der Waals surface area contributed by atoms with Crippen molar-refractivity contribution >= 4 is 34.2 Å². The maximum absolute atomic E-state index is 4.88. The molecule has 0 atom stereocenters. The lowest BCUT2D eigenvalue weighted by atomic mass is 10.0. The van der Waals surface area contributed by atoms with E-state index in [2.05, 4.69) is 71.7 Å². The molecule has 0 aliphatic carbocycles. The minimum absolute atomic E-state index is 0.846. The third-order valence-electron chi connectivity index (χ3n) is 5.73. The van der Waals surface area contributed by atoms with Crippen LogP contribution in [0, 0.1) is 0 Å². The lowest BCUT2D eigenvalue weighted by molar-refractivity contribution is 0.847. The second-order valence-corrected chi connectivity index (χ2v) is 7.83. The molecule has 0 fully saturated rings. The molecule has 0 saturated carbocycles. The van der Waals surface area contributed by atoms with E-state index in [1.165, 1.54) is 16.8 Å². The predicted molar refractivity (Wildman–Crippen MR) is 139 cm³/mol. The summed E-state index contributed by atoms with van der Waals surface area (Å²) in [5.74, 6) is 0. The number of allylic oxidation sites excluding steroid dienone is 3. The summed E-state index contributed by atoms with van der Waals surface area (Å²) in [5.41, 5.74) is 8.72. The first kappa shape index (κ1) is 23.4. The summed E-state index contributed by atoms with van der Waals surface area (Å²) in [6, 6.07) is 13.3. The van der Waals surface area contributed by atoms with Gasteiger partial charge in [-0.1, -0.05) is 38.6 Å². The van der Waals surface area contributed by atoms with Crippen LogP contribution in [-0.2, 0) is 12.8 Å². The normalized spacial score (nSPS) is 11.9. The summed E-state index contributed by atoms with van der Waals surface area (Å²) in [6.07, 6.45) is 11.7. The largest absolute Gasteiger partial charge is 0.341 e. The summed E-state index contributed by atoms with van der Waals surface area (Å²) in [6.45, 7) is 11.2. The van der Waals surface area contributed by atoms with Crippen molar-refractivity contribution in [1.82, 2.24) is 9.97 Å². The number of hydrogen-bond acceptors (Lipinski definition) is 4. The first-order chi connectivity index (χ1) is 15.6. The molecular formula is C28H34N4. The number of unbranched alkanes of at least 4 members (excludes halogenated alkanes) is 1. The Morgan fingerprint density at radius 3 is 2.41 bits per heavy atom. The van der Waals surface area contributed by atoms with Gasteiger partial charge in [0, 0.05) is 25.0 Å². The number of benzene rings is 2. The number of aromatic nitrogens is 2. The highest BCUT2D eigenvalue weighted by molar-refractivity contribution is 5.83. The van der Waals surface area contributed by atoms with Crippen molar-refractivity contribution in [1.29, 1.82) is 0 Å². The molecule has 0 bridgehead atoms. The van der Waals surface area contributed by atoms with Gasteiger partial charge >= 0.3 is 0 Å². The molecule has 0 aliphatic rings. The fourth-order valence-corrected chi connectivity index (χ4v) is 3.86. The van der Waals surface area contributed by atoms with Gasteiger partial charge in [-0.05, 0) is 85.9 Å². The Labute approximate surface area is 192 Å². The van der Waals surface area contributed by atoms with Gasteiger partial charge in [-0.25, -0.2) is 4.98 Å². The van der Waals surface area contributed by atoms with Crippen molar-refractivity contribution in [3.05, 3.63) is 78.1 Å². The molecule has 32 heavy (non-hydrogen) atoms. The van der Waals surface area contributed by atoms with Gasteiger partial charge in [0.2, 0.25) is 0 Å². The Bertz CT molecular complexity index is 1110. The van der Waals surface area contributed by atoms with Crippen LogP contribution >= 0.6 is 0 Å². The molecule has 0 N–H and O–H groups in total. The van der Waals surface area contributed by atoms with E-state index in [4.69, 9.17) is 4.98 Å². The van der Waals surface area contributed by atoms with Crippen LogP contribution in [-0.4, -0.2) is 29.8 Å². The smallest absolute Gasteiger partial charge is 0.0915 e. The maximum Gasteiger partial charge on any atom is 0.0915 e. The van der Waals surface area contributed by atoms with Gasteiger partial charge in [0.05, 0.1) is 22.9 Å². The first-order valence-corrected chi connectivity index (χ1v) is 11.5. The van der Waals surface area contributed by atoms with Crippen LogP contribution < -0.4 is 4.90 Å². The molecule has 0 aliphatic heterocycles. The van der Waals surface area contributed by atoms with Crippen molar-refractivity contribution in [2.75, 3.05) is 18.5 Å². The van der Waals surface area contributed by atoms with Crippen LogP contribution in [0.5, 0.6) is 0 Å². The van der Waals surface area contributed by atoms with Gasteiger partial charge in [-0.15, -0.1) is 0 Å². The van der Waals surface area contributed by atoms with Gasteiger partial charge in [-0.2, -0.15) is 0 Å². The number of anilines is 2. The Balaban J connectivity index is 2.08. The molecule has 1 heterocycles. The monoisotopic (exact) mass is 426 g/mol. The second-order valence-electron chi connectivity index (χ2n) is 7.83. The third-order valence-corrected chi connectivity index (χ3v) is 5.73. The van der Waals surface area contributed by atoms with E-state index in [1.807, 2.05) is 38.5 Å². The van der Waals surface area contributed by atoms with Gasteiger partial charge in [0.1, 0.15) is 0 Å². The molecule has 0 unspecified atom stereocenters. The van der Waals surface area contributed by atoms with Crippen LogP contribution in [0.15, 0.2) is 66.3 Å². The summed E-state index contributed by atoms with van der Waals surface area (Å²) in [7, 11) is 1.83. The highest BCUT2D eigenvalue weighted by atomic mass is 15.1. The van der Waals surface area contributed by atoms with Crippen LogP contribution in [0.4, 0.5) is 11.4 Å². The molecule has 4 nitrogen and oxygen atoms in total. The van der Waals surface area contributed by atoms with Crippen LogP contribution in [0.1, 0.15) is 50.4 Å². The Hall–Kier alpha value is -3.27. The second kappa shape index (κ2) is 11.4. The van der Waals surface area contributed by atoms with E-state index in [1.54, 1.807) is 0 Å². The van der Waals surface area contributed by atoms with Crippen molar-refractivity contribution in [2.24, 2.45) is 4.99 Å². The fourth-order valence-electron chi connectivity index (χ4n) is 3.86. The maximum atomic E-state index is 4.88. The first-order valence-electron chi connectivity index (χ1n) is 11.5. The lowest BCUT2D eigenvalue weighted by Crippen LogP contribution is -2.19. The number of aliphatic imine (C=N–C) groups is 1. The van der Waals surface area contributed by atoms with Gasteiger partial charge in [0.25, 0.3) is 0 Å². The average Bonchev–Trinajstić information content (AvgIpc) is 2.84. The summed E-state index contributed by atoms with van der Waals surface area (Å²) >= 11 is 0. The SMILES string of the molecule is C=C/C(=C\C)c1cnc2ccc(N(CCCC=NC)c3cc(CC)cc(CC)c3)cc2n1. The average molecular weight is 427 g/mol. The van der Waals surface area contributed by atoms with Crippen molar-refractivity contribution in [3.8, 4) is 0 Å². The standard InChI is InChI=1S/C28H34N4/c1-6-21-16-22(7-2)18-25(17-21)32(15-11-10-14-29-5)24-12-13-26-27(19-24)31-28(20-30-26)23(8-3)9-4/h8-9,12-14,16-20H,3,6-7,10-11,15H2,1-2,4-5H3/b23-9+,29-14?. The molecule has 1 aromatic heterocycles. The third kappa shape index (κ3) is 5.50. The van der Waals surface area contributed by atoms with Gasteiger partial charge < -0.3 is 9.89 Å². The van der Waals surface area contributed by atoms with Gasteiger partial charge in [-0.3, -0.25) is 4.98 Å². The number of rotatable bonds is 10. The van der Waals surface area contributed by atoms with E-state index in [9.17, 15) is 0 Å². The molecule has 0 radical (unpaired) electrons. The minimum atomic E-state index is 0.846. The molecule has 166 valence electrons. The number of nitrogens with zero attached hydrogens (tertiary/aromatic N) is 4. The molecule has 0 amide bonds. The number of fused-ring (bicyclic) bond motifs is 1. The van der Waals surface area contributed by atoms with Crippen LogP contribution in [0.25, 0.3) is 16.6 Å². The molecule has 3 aromatic rings. The summed E-state index contributed by atoms with van der Waals surface area (Å²) < 4.78 is 0. The summed E-state index contributed by atoms with van der Waals surface area (Å²) in [5, 5.41) is 0. The molecular weight excluding hydrogens is 392 g/mol. The van der Waals surface area contributed by atoms with E-state index in [0.717, 1.165) is 60.2 Å². The van der Waals surface area contributed by atoms with Gasteiger partial charge in [0.15, 0.2) is 0 Å². The molecule has 3 rings (SSSR count). The fraction of sp³-hybridized carbons (Fsp3) is 0.321. The van der Waals surface area contributed by atoms with E-state index < -0.39 is 0 Å². The van der Waals surface area contributed by atoms with Crippen molar-refractivity contribution < 1.29 is 0 Å². The number of hydrogen-bond donors (Lipinski definition) is 0. The van der Waals surface area contributed by atoms with E-state index in [0.29, 0.717) is 0 Å². The molecule has 2 aromatic carbocycles. The van der Waals surface area contributed by atoms with Crippen molar-refractivity contribution in [2.45, 2.75) is 46.5 Å².